The highest BCUT2D eigenvalue weighted by Crippen LogP contribution is 2.27. The maximum atomic E-state index is 13.6. The summed E-state index contributed by atoms with van der Waals surface area (Å²) in [6.45, 7) is 4.43. The van der Waals surface area contributed by atoms with Crippen molar-refractivity contribution in [2.24, 2.45) is 0 Å². The minimum Gasteiger partial charge on any atom is -0.497 e. The number of carbonyl (C=O) groups excluding carboxylic acids is 2. The minimum atomic E-state index is -5.08. The van der Waals surface area contributed by atoms with Gasteiger partial charge in [0.2, 0.25) is 5.91 Å². The number of anilines is 2. The van der Waals surface area contributed by atoms with Crippen molar-refractivity contribution >= 4 is 29.2 Å². The van der Waals surface area contributed by atoms with Crippen molar-refractivity contribution in [2.45, 2.75) is 57.3 Å². The summed E-state index contributed by atoms with van der Waals surface area (Å²) in [5, 5.41) is 28.0. The zero-order chi connectivity index (χ0) is 35.1. The number of ether oxygens (including phenoxy) is 1. The Morgan fingerprint density at radius 2 is 1.71 bits per heavy atom. The van der Waals surface area contributed by atoms with E-state index in [-0.39, 0.29) is 11.8 Å². The molecule has 3 aromatic rings. The summed E-state index contributed by atoms with van der Waals surface area (Å²) < 4.78 is 37.0. The van der Waals surface area contributed by atoms with Gasteiger partial charge in [-0.25, -0.2) is 4.79 Å². The summed E-state index contributed by atoms with van der Waals surface area (Å²) >= 11 is 0. The van der Waals surface area contributed by atoms with E-state index >= 15 is 0 Å². The van der Waals surface area contributed by atoms with Crippen LogP contribution in [-0.4, -0.2) is 79.6 Å². The molecule has 0 saturated carbocycles. The zero-order valence-corrected chi connectivity index (χ0v) is 27.1. The Bertz CT molecular complexity index is 1470. The van der Waals surface area contributed by atoms with E-state index in [1.165, 1.54) is 5.56 Å². The maximum Gasteiger partial charge on any atom is 0.490 e. The molecule has 260 valence electrons. The van der Waals surface area contributed by atoms with Crippen molar-refractivity contribution in [1.82, 2.24) is 10.6 Å². The van der Waals surface area contributed by atoms with Crippen LogP contribution < -0.4 is 25.6 Å². The van der Waals surface area contributed by atoms with E-state index in [1.54, 1.807) is 24.1 Å². The number of aliphatic hydroxyl groups is 1. The number of amides is 2. The second-order valence-electron chi connectivity index (χ2n) is 11.2. The van der Waals surface area contributed by atoms with Gasteiger partial charge in [-0.05, 0) is 80.6 Å². The molecule has 2 amide bonds. The van der Waals surface area contributed by atoms with Crippen LogP contribution in [0.25, 0.3) is 0 Å². The molecule has 5 N–H and O–H groups in total. The van der Waals surface area contributed by atoms with Crippen LogP contribution in [0.2, 0.25) is 0 Å². The van der Waals surface area contributed by atoms with Gasteiger partial charge in [-0.15, -0.1) is 0 Å². The molecular formula is C35H43F3N4O6. The third-order valence-electron chi connectivity index (χ3n) is 7.60. The van der Waals surface area contributed by atoms with Crippen LogP contribution in [-0.2, 0) is 22.4 Å². The van der Waals surface area contributed by atoms with Gasteiger partial charge in [0, 0.05) is 43.0 Å². The van der Waals surface area contributed by atoms with Crippen LogP contribution in [0, 0.1) is 0 Å². The molecule has 0 bridgehead atoms. The van der Waals surface area contributed by atoms with E-state index < -0.39 is 24.3 Å². The van der Waals surface area contributed by atoms with Crippen LogP contribution in [0.4, 0.5) is 24.5 Å². The van der Waals surface area contributed by atoms with Crippen molar-refractivity contribution in [3.05, 3.63) is 89.5 Å². The predicted octanol–water partition coefficient (Wildman–Crippen LogP) is 4.81. The summed E-state index contributed by atoms with van der Waals surface area (Å²) in [7, 11) is 1.66. The van der Waals surface area contributed by atoms with Gasteiger partial charge >= 0.3 is 12.1 Å². The van der Waals surface area contributed by atoms with E-state index in [0.29, 0.717) is 38.0 Å². The molecule has 0 spiro atoms. The fraction of sp³-hybridized carbons (Fsp3) is 0.400. The average Bonchev–Trinajstić information content (AvgIpc) is 3.50. The summed E-state index contributed by atoms with van der Waals surface area (Å²) in [6, 6.07) is 22.9. The lowest BCUT2D eigenvalue weighted by atomic mass is 10.00. The number of rotatable bonds is 15. The summed E-state index contributed by atoms with van der Waals surface area (Å²) in [5.74, 6) is -2.12. The number of hydrogen-bond donors (Lipinski definition) is 5. The number of aliphatic hydroxyl groups excluding tert-OH is 1. The SMILES string of the molecule is CCNc1cc(C(=O)N[C@@H](Cc2ccccc2)[C@H](O)CNCCCc2ccc(OC)cc2)cc(N2CCCC2=O)c1.O=C(O)C(F)(F)F. The van der Waals surface area contributed by atoms with Gasteiger partial charge in [-0.1, -0.05) is 42.5 Å². The highest BCUT2D eigenvalue weighted by Gasteiger charge is 2.38. The molecule has 2 atom stereocenters. The lowest BCUT2D eigenvalue weighted by Gasteiger charge is -2.25. The Kier molecular flexibility index (Phi) is 14.7. The molecule has 1 heterocycles. The van der Waals surface area contributed by atoms with E-state index in [1.807, 2.05) is 55.5 Å². The molecular weight excluding hydrogens is 629 g/mol. The highest BCUT2D eigenvalue weighted by atomic mass is 19.4. The van der Waals surface area contributed by atoms with Gasteiger partial charge < -0.3 is 35.8 Å². The van der Waals surface area contributed by atoms with Crippen molar-refractivity contribution in [3.8, 4) is 5.75 Å². The van der Waals surface area contributed by atoms with Gasteiger partial charge in [0.05, 0.1) is 19.3 Å². The molecule has 4 rings (SSSR count). The van der Waals surface area contributed by atoms with Gasteiger partial charge in [0.1, 0.15) is 5.75 Å². The van der Waals surface area contributed by atoms with Crippen molar-refractivity contribution in [3.63, 3.8) is 0 Å². The number of methoxy groups -OCH3 is 1. The van der Waals surface area contributed by atoms with E-state index in [2.05, 4.69) is 28.1 Å². The summed E-state index contributed by atoms with van der Waals surface area (Å²) in [6.07, 6.45) is -2.22. The van der Waals surface area contributed by atoms with E-state index in [9.17, 15) is 27.9 Å². The van der Waals surface area contributed by atoms with Gasteiger partial charge in [-0.3, -0.25) is 9.59 Å². The highest BCUT2D eigenvalue weighted by molar-refractivity contribution is 6.00. The molecule has 1 saturated heterocycles. The molecule has 0 aliphatic carbocycles. The molecule has 3 aromatic carbocycles. The number of benzene rings is 3. The van der Waals surface area contributed by atoms with Crippen LogP contribution in [0.3, 0.4) is 0 Å². The molecule has 1 aliphatic heterocycles. The quantitative estimate of drug-likeness (QED) is 0.145. The smallest absolute Gasteiger partial charge is 0.490 e. The summed E-state index contributed by atoms with van der Waals surface area (Å²) in [4.78, 5) is 36.6. The second-order valence-corrected chi connectivity index (χ2v) is 11.2. The Balaban J connectivity index is 0.000000804. The molecule has 13 heteroatoms. The fourth-order valence-electron chi connectivity index (χ4n) is 5.13. The number of aryl methyl sites for hydroxylation is 1. The number of aliphatic carboxylic acids is 1. The van der Waals surface area contributed by atoms with Crippen molar-refractivity contribution in [2.75, 3.05) is 43.5 Å². The molecule has 0 aromatic heterocycles. The first kappa shape index (κ1) is 37.8. The number of carboxylic acid groups (broad SMARTS) is 1. The van der Waals surface area contributed by atoms with Crippen LogP contribution in [0.15, 0.2) is 72.8 Å². The topological polar surface area (TPSA) is 140 Å². The Morgan fingerprint density at radius 3 is 2.29 bits per heavy atom. The number of nitrogens with one attached hydrogen (secondary N) is 3. The molecule has 0 radical (unpaired) electrons. The van der Waals surface area contributed by atoms with Crippen molar-refractivity contribution in [1.29, 1.82) is 0 Å². The number of hydrogen-bond acceptors (Lipinski definition) is 7. The average molecular weight is 673 g/mol. The first-order valence-electron chi connectivity index (χ1n) is 15.8. The zero-order valence-electron chi connectivity index (χ0n) is 27.1. The van der Waals surface area contributed by atoms with Gasteiger partial charge in [-0.2, -0.15) is 13.2 Å². The standard InChI is InChI=1S/C33H42N4O4.C2HF3O2/c1-3-35-27-20-26(21-28(22-27)37-18-8-12-32(37)39)33(40)36-30(19-25-9-5-4-6-10-25)31(38)23-34-17-7-11-24-13-15-29(41-2)16-14-24;3-2(4,5)1(6)7/h4-6,9-10,13-16,20-22,30-31,34-35,38H,3,7-8,11-12,17-19,23H2,1-2H3,(H,36,40);(H,6,7)/t30-,31+;/m0./s1. The van der Waals surface area contributed by atoms with E-state index in [0.717, 1.165) is 48.5 Å². The van der Waals surface area contributed by atoms with E-state index in [4.69, 9.17) is 14.6 Å². The third-order valence-corrected chi connectivity index (χ3v) is 7.60. The second kappa shape index (κ2) is 18.6. The third kappa shape index (κ3) is 12.2. The largest absolute Gasteiger partial charge is 0.497 e. The Labute approximate surface area is 278 Å². The number of carbonyl (C=O) groups is 3. The summed E-state index contributed by atoms with van der Waals surface area (Å²) in [5.41, 5.74) is 4.22. The van der Waals surface area contributed by atoms with Gasteiger partial charge in [0.25, 0.3) is 5.91 Å². The number of carboxylic acids is 1. The van der Waals surface area contributed by atoms with Crippen LogP contribution in [0.5, 0.6) is 5.75 Å². The Morgan fingerprint density at radius 1 is 1.02 bits per heavy atom. The molecule has 1 aliphatic rings. The minimum absolute atomic E-state index is 0.0699. The Hall–Kier alpha value is -4.62. The van der Waals surface area contributed by atoms with Crippen LogP contribution in [0.1, 0.15) is 47.7 Å². The molecule has 0 unspecified atom stereocenters. The van der Waals surface area contributed by atoms with Crippen molar-refractivity contribution < 1.29 is 42.5 Å². The first-order chi connectivity index (χ1) is 22.9. The number of alkyl halides is 3. The molecule has 10 nitrogen and oxygen atoms in total. The number of halogens is 3. The fourth-order valence-corrected chi connectivity index (χ4v) is 5.13. The maximum absolute atomic E-state index is 13.6. The first-order valence-corrected chi connectivity index (χ1v) is 15.8. The molecule has 48 heavy (non-hydrogen) atoms. The van der Waals surface area contributed by atoms with Crippen LogP contribution >= 0.6 is 0 Å². The number of nitrogens with zero attached hydrogens (tertiary/aromatic N) is 1. The lowest BCUT2D eigenvalue weighted by Crippen LogP contribution is -2.49. The lowest BCUT2D eigenvalue weighted by molar-refractivity contribution is -0.192. The monoisotopic (exact) mass is 672 g/mol. The van der Waals surface area contributed by atoms with Gasteiger partial charge in [0.15, 0.2) is 0 Å². The predicted molar refractivity (Wildman–Crippen MR) is 177 cm³/mol. The normalized spacial score (nSPS) is 14.0. The molecule has 1 fully saturated rings.